The Morgan fingerprint density at radius 2 is 0.508 bits per heavy atom. The summed E-state index contributed by atoms with van der Waals surface area (Å²) in [5.74, 6) is 2.86. The molecule has 59 heavy (non-hydrogen) atoms. The number of hydrogen-bond donors (Lipinski definition) is 4. The molecular formula is C54H82N4O. The Labute approximate surface area is 361 Å². The largest absolute Gasteiger partial charge is 0.388 e. The molecule has 4 N–H and O–H groups in total. The van der Waals surface area contributed by atoms with Crippen LogP contribution in [-0.2, 0) is 4.74 Å². The first-order valence-electron chi connectivity index (χ1n) is 22.6. The second-order valence-electron chi connectivity index (χ2n) is 19.9. The van der Waals surface area contributed by atoms with Gasteiger partial charge >= 0.3 is 0 Å². The fraction of sp³-hybridized carbons (Fsp3) is 0.556. The summed E-state index contributed by atoms with van der Waals surface area (Å²) in [6.07, 6.45) is 5.09. The molecule has 8 atom stereocenters. The van der Waals surface area contributed by atoms with Crippen molar-refractivity contribution in [2.24, 2.45) is 0 Å². The van der Waals surface area contributed by atoms with Gasteiger partial charge in [0.2, 0.25) is 0 Å². The molecule has 4 aromatic rings. The Bertz CT molecular complexity index is 1500. The summed E-state index contributed by atoms with van der Waals surface area (Å²) < 4.78 is 4.25. The third kappa shape index (κ3) is 15.0. The summed E-state index contributed by atoms with van der Waals surface area (Å²) in [5, 5.41) is 14.6. The first kappa shape index (κ1) is 48.3. The van der Waals surface area contributed by atoms with Crippen molar-refractivity contribution in [3.63, 3.8) is 0 Å². The lowest BCUT2D eigenvalue weighted by molar-refractivity contribution is 0.277. The van der Waals surface area contributed by atoms with Gasteiger partial charge < -0.3 is 26.0 Å². The second kappa shape index (κ2) is 21.5. The number of hydrogen-bond acceptors (Lipinski definition) is 5. The highest BCUT2D eigenvalue weighted by molar-refractivity contribution is 5.35. The third-order valence-corrected chi connectivity index (χ3v) is 12.2. The molecule has 0 radical (unpaired) electrons. The van der Waals surface area contributed by atoms with Crippen molar-refractivity contribution in [1.29, 1.82) is 0 Å². The minimum atomic E-state index is 0.343. The Morgan fingerprint density at radius 1 is 0.356 bits per heavy atom. The van der Waals surface area contributed by atoms with Crippen LogP contribution >= 0.6 is 0 Å². The van der Waals surface area contributed by atoms with Crippen LogP contribution in [0.25, 0.3) is 0 Å². The highest BCUT2D eigenvalue weighted by atomic mass is 16.4. The van der Waals surface area contributed by atoms with Gasteiger partial charge in [-0.25, -0.2) is 0 Å². The lowest BCUT2D eigenvalue weighted by Gasteiger charge is -2.17. The number of benzene rings is 4. The monoisotopic (exact) mass is 803 g/mol. The Hall–Kier alpha value is -3.32. The van der Waals surface area contributed by atoms with Gasteiger partial charge in [-0.05, 0) is 75.6 Å². The molecule has 324 valence electrons. The van der Waals surface area contributed by atoms with E-state index >= 15 is 0 Å². The fourth-order valence-electron chi connectivity index (χ4n) is 9.42. The molecule has 0 heterocycles. The van der Waals surface area contributed by atoms with E-state index in [1.165, 1.54) is 47.9 Å². The van der Waals surface area contributed by atoms with E-state index < -0.39 is 0 Å². The summed E-state index contributed by atoms with van der Waals surface area (Å²) in [6.45, 7) is 27.0. The van der Waals surface area contributed by atoms with E-state index in [0.717, 1.165) is 0 Å². The number of ether oxygens (including phenoxy) is 1. The van der Waals surface area contributed by atoms with Gasteiger partial charge in [0, 0.05) is 84.2 Å². The zero-order valence-corrected chi connectivity index (χ0v) is 39.4. The van der Waals surface area contributed by atoms with Crippen molar-refractivity contribution in [3.05, 3.63) is 144 Å². The minimum absolute atomic E-state index is 0.343. The molecular weight excluding hydrogens is 721 g/mol. The smallest absolute Gasteiger partial charge is 0.0351 e. The van der Waals surface area contributed by atoms with E-state index in [9.17, 15) is 0 Å². The third-order valence-electron chi connectivity index (χ3n) is 12.2. The molecule has 4 aliphatic carbocycles. The molecule has 0 bridgehead atoms. The van der Waals surface area contributed by atoms with Crippen LogP contribution in [0.4, 0.5) is 0 Å². The maximum atomic E-state index is 4.25. The maximum Gasteiger partial charge on any atom is 0.0351 e. The van der Waals surface area contributed by atoms with Crippen LogP contribution in [0.15, 0.2) is 121 Å². The van der Waals surface area contributed by atoms with Gasteiger partial charge in [-0.15, -0.1) is 0 Å². The predicted molar refractivity (Wildman–Crippen MR) is 255 cm³/mol. The van der Waals surface area contributed by atoms with Crippen molar-refractivity contribution in [1.82, 2.24) is 21.3 Å². The van der Waals surface area contributed by atoms with Crippen LogP contribution in [0.1, 0.15) is 155 Å². The summed E-state index contributed by atoms with van der Waals surface area (Å²) in [5.41, 5.74) is 7.27. The van der Waals surface area contributed by atoms with Gasteiger partial charge in [0.1, 0.15) is 0 Å². The first-order chi connectivity index (χ1) is 27.9. The molecule has 8 rings (SSSR count). The van der Waals surface area contributed by atoms with Crippen LogP contribution in [0.2, 0.25) is 0 Å². The Kier molecular flexibility index (Phi) is 17.6. The van der Waals surface area contributed by atoms with E-state index in [0.29, 0.717) is 70.0 Å². The lowest BCUT2D eigenvalue weighted by Crippen LogP contribution is -2.35. The molecule has 4 aliphatic rings. The molecule has 5 heteroatoms. The molecule has 0 aromatic heterocycles. The van der Waals surface area contributed by atoms with Crippen LogP contribution in [-0.4, -0.2) is 60.5 Å². The van der Waals surface area contributed by atoms with Crippen molar-refractivity contribution in [2.45, 2.75) is 179 Å². The van der Waals surface area contributed by atoms with Crippen molar-refractivity contribution in [2.75, 3.05) is 14.2 Å². The van der Waals surface area contributed by atoms with Crippen molar-refractivity contribution < 1.29 is 4.74 Å². The zero-order valence-electron chi connectivity index (χ0n) is 39.4. The normalized spacial score (nSPS) is 29.5. The van der Waals surface area contributed by atoms with Crippen molar-refractivity contribution in [3.8, 4) is 0 Å². The molecule has 2 unspecified atom stereocenters. The van der Waals surface area contributed by atoms with E-state index in [4.69, 9.17) is 0 Å². The molecule has 4 saturated carbocycles. The summed E-state index contributed by atoms with van der Waals surface area (Å²) >= 11 is 0. The summed E-state index contributed by atoms with van der Waals surface area (Å²) in [7, 11) is 3.25. The van der Waals surface area contributed by atoms with Gasteiger partial charge in [-0.2, -0.15) is 0 Å². The van der Waals surface area contributed by atoms with Gasteiger partial charge in [-0.1, -0.05) is 177 Å². The first-order valence-corrected chi connectivity index (χ1v) is 22.6. The van der Waals surface area contributed by atoms with Gasteiger partial charge in [0.05, 0.1) is 0 Å². The highest BCUT2D eigenvalue weighted by Crippen LogP contribution is 2.53. The topological polar surface area (TPSA) is 57.3 Å². The quantitative estimate of drug-likeness (QED) is 0.115. The van der Waals surface area contributed by atoms with E-state index in [2.05, 4.69) is 230 Å². The summed E-state index contributed by atoms with van der Waals surface area (Å²) in [6, 6.07) is 45.5. The van der Waals surface area contributed by atoms with Gasteiger partial charge in [0.25, 0.3) is 0 Å². The van der Waals surface area contributed by atoms with Crippen LogP contribution in [0.5, 0.6) is 0 Å². The van der Waals surface area contributed by atoms with E-state index in [1.807, 2.05) is 0 Å². The standard InChI is InChI=1S/4C13H19N.C2H6O/c4*1-10(2)14-13(3)9-12(13)11-7-5-4-6-8-11;1-3-2/h4*4-8,10,12,14H,9H2,1-3H3;1-2H3/t2*12-,13?;12-,13+;12-,13-;/m1001./s1. The molecule has 0 saturated heterocycles. The Morgan fingerprint density at radius 3 is 0.644 bits per heavy atom. The molecule has 4 aromatic carbocycles. The molecule has 5 nitrogen and oxygen atoms in total. The van der Waals surface area contributed by atoms with E-state index in [-0.39, 0.29) is 0 Å². The lowest BCUT2D eigenvalue weighted by atomic mass is 10.1. The SMILES string of the molecule is CC(C)NC1(C)C[C@@H]1c1ccccc1.CC(C)NC1(C)C[C@H]1c1ccccc1.CC(C)N[C@]1(C)C[C@@H]1c1ccccc1.CC(C)N[C@]1(C)C[C@H]1c1ccccc1.COC. The number of rotatable bonds is 12. The van der Waals surface area contributed by atoms with Crippen LogP contribution in [0.3, 0.4) is 0 Å². The second-order valence-corrected chi connectivity index (χ2v) is 19.9. The van der Waals surface area contributed by atoms with Crippen LogP contribution < -0.4 is 21.3 Å². The maximum absolute atomic E-state index is 4.25. The average Bonchev–Trinajstić information content (AvgIpc) is 4.13. The minimum Gasteiger partial charge on any atom is -0.388 e. The average molecular weight is 803 g/mol. The van der Waals surface area contributed by atoms with E-state index in [1.54, 1.807) is 14.2 Å². The number of methoxy groups -OCH3 is 1. The van der Waals surface area contributed by atoms with Crippen molar-refractivity contribution >= 4 is 0 Å². The zero-order chi connectivity index (χ0) is 43.4. The number of nitrogens with one attached hydrogen (secondary N) is 4. The predicted octanol–water partition coefficient (Wildman–Crippen LogP) is 12.0. The fourth-order valence-corrected chi connectivity index (χ4v) is 9.42. The molecule has 0 amide bonds. The molecule has 0 aliphatic heterocycles. The van der Waals surface area contributed by atoms with Gasteiger partial charge in [-0.3, -0.25) is 0 Å². The highest BCUT2D eigenvalue weighted by Gasteiger charge is 2.53. The Balaban J connectivity index is 0.000000170. The summed E-state index contributed by atoms with van der Waals surface area (Å²) in [4.78, 5) is 0. The van der Waals surface area contributed by atoms with Gasteiger partial charge in [0.15, 0.2) is 0 Å². The molecule has 4 fully saturated rings. The molecule has 0 spiro atoms. The van der Waals surface area contributed by atoms with Crippen LogP contribution in [0, 0.1) is 0 Å².